The maximum atomic E-state index is 11.5. The molecular formula is C18H15ClN2O4. The van der Waals surface area contributed by atoms with Crippen molar-refractivity contribution in [3.8, 4) is 11.8 Å². The van der Waals surface area contributed by atoms with Crippen LogP contribution in [0.1, 0.15) is 17.5 Å². The predicted octanol–water partition coefficient (Wildman–Crippen LogP) is 3.92. The molecule has 2 aromatic rings. The molecule has 6 nitrogen and oxygen atoms in total. The minimum Gasteiger partial charge on any atom is -0.445 e. The molecule has 0 aliphatic rings. The molecule has 0 bridgehead atoms. The number of alkyl carbamates (subject to hydrolysis) is 1. The zero-order chi connectivity index (χ0) is 18.1. The van der Waals surface area contributed by atoms with E-state index >= 15 is 0 Å². The van der Waals surface area contributed by atoms with Crippen LogP contribution >= 0.6 is 11.6 Å². The number of hydrogen-bond acceptors (Lipinski definition) is 4. The highest BCUT2D eigenvalue weighted by Gasteiger charge is 2.07. The van der Waals surface area contributed by atoms with E-state index < -0.39 is 11.0 Å². The molecule has 0 saturated heterocycles. The first-order valence-corrected chi connectivity index (χ1v) is 7.81. The molecule has 0 radical (unpaired) electrons. The molecule has 0 fully saturated rings. The van der Waals surface area contributed by atoms with Crippen LogP contribution in [0.3, 0.4) is 0 Å². The van der Waals surface area contributed by atoms with Crippen LogP contribution in [-0.4, -0.2) is 17.6 Å². The number of nitro groups is 1. The Balaban J connectivity index is 1.76. The molecule has 2 aromatic carbocycles. The average Bonchev–Trinajstić information content (AvgIpc) is 2.61. The molecule has 1 amide bonds. The highest BCUT2D eigenvalue weighted by Crippen LogP contribution is 2.21. The average molecular weight is 359 g/mol. The van der Waals surface area contributed by atoms with Crippen molar-refractivity contribution in [3.05, 3.63) is 74.8 Å². The maximum Gasteiger partial charge on any atom is 0.407 e. The number of carbonyl (C=O) groups is 1. The summed E-state index contributed by atoms with van der Waals surface area (Å²) in [4.78, 5) is 21.8. The topological polar surface area (TPSA) is 81.5 Å². The van der Waals surface area contributed by atoms with Gasteiger partial charge in [0.2, 0.25) is 0 Å². The summed E-state index contributed by atoms with van der Waals surface area (Å²) >= 11 is 5.95. The number of carbonyl (C=O) groups excluding carboxylic acids is 1. The second-order valence-corrected chi connectivity index (χ2v) is 5.37. The van der Waals surface area contributed by atoms with Crippen LogP contribution in [0.2, 0.25) is 5.02 Å². The van der Waals surface area contributed by atoms with Crippen LogP contribution in [0.4, 0.5) is 10.5 Å². The summed E-state index contributed by atoms with van der Waals surface area (Å²) in [6, 6.07) is 13.4. The third-order valence-corrected chi connectivity index (χ3v) is 3.45. The van der Waals surface area contributed by atoms with E-state index in [1.165, 1.54) is 18.2 Å². The second-order valence-electron chi connectivity index (χ2n) is 4.96. The Bertz CT molecular complexity index is 813. The molecule has 0 saturated carbocycles. The molecule has 0 aliphatic carbocycles. The molecule has 0 unspecified atom stereocenters. The molecular weight excluding hydrogens is 344 g/mol. The minimum absolute atomic E-state index is 0.0729. The van der Waals surface area contributed by atoms with Gasteiger partial charge in [-0.2, -0.15) is 0 Å². The van der Waals surface area contributed by atoms with E-state index in [4.69, 9.17) is 16.3 Å². The van der Waals surface area contributed by atoms with Crippen LogP contribution in [-0.2, 0) is 11.3 Å². The molecule has 0 spiro atoms. The predicted molar refractivity (Wildman–Crippen MR) is 94.2 cm³/mol. The van der Waals surface area contributed by atoms with E-state index in [2.05, 4.69) is 17.2 Å². The first kappa shape index (κ1) is 18.3. The molecule has 25 heavy (non-hydrogen) atoms. The Morgan fingerprint density at radius 2 is 2.00 bits per heavy atom. The van der Waals surface area contributed by atoms with Crippen molar-refractivity contribution in [2.45, 2.75) is 13.0 Å². The minimum atomic E-state index is -0.529. The van der Waals surface area contributed by atoms with E-state index in [9.17, 15) is 14.9 Å². The summed E-state index contributed by atoms with van der Waals surface area (Å²) in [5.74, 6) is 5.57. The maximum absolute atomic E-state index is 11.5. The Morgan fingerprint density at radius 1 is 1.24 bits per heavy atom. The number of rotatable bonds is 5. The fraction of sp³-hybridized carbons (Fsp3) is 0.167. The number of halogens is 1. The van der Waals surface area contributed by atoms with Crippen LogP contribution in [0.15, 0.2) is 48.5 Å². The highest BCUT2D eigenvalue weighted by molar-refractivity contribution is 6.31. The van der Waals surface area contributed by atoms with Gasteiger partial charge in [0.05, 0.1) is 9.95 Å². The van der Waals surface area contributed by atoms with Crippen LogP contribution in [0.25, 0.3) is 0 Å². The third kappa shape index (κ3) is 6.16. The van der Waals surface area contributed by atoms with E-state index in [-0.39, 0.29) is 12.3 Å². The van der Waals surface area contributed by atoms with Gasteiger partial charge in [0.25, 0.3) is 5.69 Å². The number of amides is 1. The summed E-state index contributed by atoms with van der Waals surface area (Å²) in [5, 5.41) is 13.7. The van der Waals surface area contributed by atoms with Gasteiger partial charge in [-0.1, -0.05) is 53.8 Å². The summed E-state index contributed by atoms with van der Waals surface area (Å²) in [7, 11) is 0. The lowest BCUT2D eigenvalue weighted by Crippen LogP contribution is -2.24. The molecule has 0 aliphatic heterocycles. The molecule has 0 heterocycles. The van der Waals surface area contributed by atoms with Crippen molar-refractivity contribution < 1.29 is 14.5 Å². The summed E-state index contributed by atoms with van der Waals surface area (Å²) < 4.78 is 5.06. The monoisotopic (exact) mass is 358 g/mol. The standard InChI is InChI=1S/C18H15ClN2O4/c19-17-10-9-16(21(23)24)12-15(17)8-4-5-11-20-18(22)25-13-14-6-2-1-3-7-14/h1-3,6-7,9-10,12H,5,11,13H2,(H,20,22). The molecule has 0 atom stereocenters. The number of non-ortho nitro benzene ring substituents is 1. The van der Waals surface area contributed by atoms with Gasteiger partial charge in [-0.3, -0.25) is 10.1 Å². The number of ether oxygens (including phenoxy) is 1. The van der Waals surface area contributed by atoms with E-state index in [1.807, 2.05) is 30.3 Å². The number of nitrogens with zero attached hydrogens (tertiary/aromatic N) is 1. The SMILES string of the molecule is O=C(NCCC#Cc1cc([N+](=O)[O-])ccc1Cl)OCc1ccccc1. The second kappa shape index (κ2) is 9.30. The largest absolute Gasteiger partial charge is 0.445 e. The zero-order valence-electron chi connectivity index (χ0n) is 13.2. The first-order chi connectivity index (χ1) is 12.1. The Kier molecular flexibility index (Phi) is 6.81. The quantitative estimate of drug-likeness (QED) is 0.380. The zero-order valence-corrected chi connectivity index (χ0v) is 14.0. The molecule has 0 aromatic heterocycles. The van der Waals surface area contributed by atoms with Crippen molar-refractivity contribution in [3.63, 3.8) is 0 Å². The first-order valence-electron chi connectivity index (χ1n) is 7.43. The van der Waals surface area contributed by atoms with Gasteiger partial charge in [-0.05, 0) is 11.6 Å². The van der Waals surface area contributed by atoms with E-state index in [0.29, 0.717) is 23.6 Å². The van der Waals surface area contributed by atoms with Gasteiger partial charge < -0.3 is 10.1 Å². The van der Waals surface area contributed by atoms with Crippen molar-refractivity contribution in [1.29, 1.82) is 0 Å². The van der Waals surface area contributed by atoms with Crippen molar-refractivity contribution in [1.82, 2.24) is 5.32 Å². The van der Waals surface area contributed by atoms with Crippen molar-refractivity contribution >= 4 is 23.4 Å². The molecule has 1 N–H and O–H groups in total. The van der Waals surface area contributed by atoms with E-state index in [0.717, 1.165) is 5.56 Å². The van der Waals surface area contributed by atoms with Gasteiger partial charge in [0, 0.05) is 30.7 Å². The van der Waals surface area contributed by atoms with Gasteiger partial charge in [-0.25, -0.2) is 4.79 Å². The van der Waals surface area contributed by atoms with Crippen LogP contribution in [0, 0.1) is 22.0 Å². The summed E-state index contributed by atoms with van der Waals surface area (Å²) in [6.07, 6.45) is -0.168. The number of nitrogens with one attached hydrogen (secondary N) is 1. The van der Waals surface area contributed by atoms with Gasteiger partial charge >= 0.3 is 6.09 Å². The van der Waals surface area contributed by atoms with Crippen molar-refractivity contribution in [2.24, 2.45) is 0 Å². The third-order valence-electron chi connectivity index (χ3n) is 3.12. The Hall–Kier alpha value is -3.04. The van der Waals surface area contributed by atoms with Crippen molar-refractivity contribution in [2.75, 3.05) is 6.54 Å². The molecule has 128 valence electrons. The van der Waals surface area contributed by atoms with Gasteiger partial charge in [0.1, 0.15) is 6.61 Å². The highest BCUT2D eigenvalue weighted by atomic mass is 35.5. The Morgan fingerprint density at radius 3 is 2.72 bits per heavy atom. The lowest BCUT2D eigenvalue weighted by molar-refractivity contribution is -0.384. The number of nitro benzene ring substituents is 1. The summed E-state index contributed by atoms with van der Waals surface area (Å²) in [6.45, 7) is 0.495. The fourth-order valence-corrected chi connectivity index (χ4v) is 2.05. The molecule has 2 rings (SSSR count). The number of benzene rings is 2. The van der Waals surface area contributed by atoms with Crippen LogP contribution in [0.5, 0.6) is 0 Å². The van der Waals surface area contributed by atoms with Gasteiger partial charge in [0.15, 0.2) is 0 Å². The lowest BCUT2D eigenvalue weighted by Gasteiger charge is -2.05. The Labute approximate surface area is 149 Å². The summed E-state index contributed by atoms with van der Waals surface area (Å²) in [5.41, 5.74) is 1.21. The van der Waals surface area contributed by atoms with E-state index in [1.54, 1.807) is 0 Å². The fourth-order valence-electron chi connectivity index (χ4n) is 1.88. The van der Waals surface area contributed by atoms with Gasteiger partial charge in [-0.15, -0.1) is 0 Å². The molecule has 7 heteroatoms. The van der Waals surface area contributed by atoms with Crippen LogP contribution < -0.4 is 5.32 Å². The lowest BCUT2D eigenvalue weighted by atomic mass is 10.2. The smallest absolute Gasteiger partial charge is 0.407 e. The number of hydrogen-bond donors (Lipinski definition) is 1. The normalized spacial score (nSPS) is 9.64.